The molecule has 3 N–H and O–H groups in total. The van der Waals surface area contributed by atoms with Gasteiger partial charge in [0.25, 0.3) is 0 Å². The maximum atomic E-state index is 13.1. The third-order valence-electron chi connectivity index (χ3n) is 20.3. The summed E-state index contributed by atoms with van der Waals surface area (Å²) in [4.78, 5) is 73.1. The number of hydrogen-bond acceptors (Lipinski definition) is 15. The van der Waals surface area contributed by atoms with E-state index < -0.39 is 97.5 Å². The van der Waals surface area contributed by atoms with Gasteiger partial charge in [0, 0.05) is 25.7 Å². The molecule has 0 aliphatic rings. The first-order valence-corrected chi connectivity index (χ1v) is 46.3. The molecule has 19 heteroatoms. The number of phosphoric acid groups is 2. The van der Waals surface area contributed by atoms with Crippen LogP contribution >= 0.6 is 15.6 Å². The molecule has 7 atom stereocenters. The first kappa shape index (κ1) is 101. The summed E-state index contributed by atoms with van der Waals surface area (Å²) in [6.45, 7) is 14.3. The molecule has 0 aliphatic carbocycles. The number of unbranched alkanes of at least 4 members (excludes halogenated alkanes) is 45. The number of aliphatic hydroxyl groups is 1. The molecular formula is C84H164O17P2. The van der Waals surface area contributed by atoms with Crippen LogP contribution in [0.1, 0.15) is 434 Å². The molecule has 103 heavy (non-hydrogen) atoms. The number of carbonyl (C=O) groups excluding carboxylic acids is 4. The Morgan fingerprint density at radius 3 is 0.689 bits per heavy atom. The largest absolute Gasteiger partial charge is 0.472 e. The second-order valence-electron chi connectivity index (χ2n) is 31.7. The zero-order chi connectivity index (χ0) is 76.0. The SMILES string of the molecule is CCC(C)CCCCCCCCCCCCCCCCCCCCC(=O)O[C@H](COC(=O)CCCCCCCCC(C)CC)COP(=O)(O)OC[C@H](O)COP(=O)(O)OC[C@@H](COC(=O)CCCCCCCCCCCCCC(C)C)OC(=O)CCCCCCCCCCCCCCCCC(C)C. The molecule has 0 saturated heterocycles. The molecule has 0 bridgehead atoms. The van der Waals surface area contributed by atoms with Gasteiger partial charge < -0.3 is 33.8 Å². The van der Waals surface area contributed by atoms with Crippen molar-refractivity contribution in [2.45, 2.75) is 453 Å². The Kier molecular flexibility index (Phi) is 71.5. The predicted octanol–water partition coefficient (Wildman–Crippen LogP) is 25.2. The Morgan fingerprint density at radius 1 is 0.272 bits per heavy atom. The van der Waals surface area contributed by atoms with E-state index in [-0.39, 0.29) is 25.7 Å². The van der Waals surface area contributed by atoms with Gasteiger partial charge in [-0.2, -0.15) is 0 Å². The first-order chi connectivity index (χ1) is 49.7. The van der Waals surface area contributed by atoms with Crippen molar-refractivity contribution in [1.29, 1.82) is 0 Å². The highest BCUT2D eigenvalue weighted by Gasteiger charge is 2.30. The number of esters is 4. The zero-order valence-corrected chi connectivity index (χ0v) is 69.7. The Hall–Kier alpha value is -1.94. The summed E-state index contributed by atoms with van der Waals surface area (Å²) in [5, 5.41) is 10.7. The fourth-order valence-electron chi connectivity index (χ4n) is 12.9. The molecule has 0 spiro atoms. The second-order valence-corrected chi connectivity index (χ2v) is 34.6. The van der Waals surface area contributed by atoms with E-state index in [1.54, 1.807) is 0 Å². The van der Waals surface area contributed by atoms with Gasteiger partial charge in [-0.1, -0.05) is 383 Å². The lowest BCUT2D eigenvalue weighted by molar-refractivity contribution is -0.161. The molecule has 0 aliphatic heterocycles. The fourth-order valence-corrected chi connectivity index (χ4v) is 14.5. The fraction of sp³-hybridized carbons (Fsp3) is 0.952. The average Bonchev–Trinajstić information content (AvgIpc) is 0.911. The van der Waals surface area contributed by atoms with Crippen LogP contribution in [0, 0.1) is 23.7 Å². The van der Waals surface area contributed by atoms with Crippen molar-refractivity contribution in [2.75, 3.05) is 39.6 Å². The third-order valence-corrected chi connectivity index (χ3v) is 22.2. The van der Waals surface area contributed by atoms with E-state index in [9.17, 15) is 43.2 Å². The van der Waals surface area contributed by atoms with Gasteiger partial charge in [-0.05, 0) is 49.4 Å². The Morgan fingerprint density at radius 2 is 0.466 bits per heavy atom. The molecule has 0 aromatic heterocycles. The molecular weight excluding hydrogens is 1340 g/mol. The predicted molar refractivity (Wildman–Crippen MR) is 423 cm³/mol. The maximum Gasteiger partial charge on any atom is 0.472 e. The van der Waals surface area contributed by atoms with Gasteiger partial charge in [-0.15, -0.1) is 0 Å². The molecule has 0 rings (SSSR count). The van der Waals surface area contributed by atoms with Gasteiger partial charge in [0.15, 0.2) is 12.2 Å². The van der Waals surface area contributed by atoms with Crippen molar-refractivity contribution in [3.63, 3.8) is 0 Å². The van der Waals surface area contributed by atoms with Crippen molar-refractivity contribution in [3.8, 4) is 0 Å². The highest BCUT2D eigenvalue weighted by Crippen LogP contribution is 2.45. The summed E-state index contributed by atoms with van der Waals surface area (Å²) >= 11 is 0. The molecule has 0 fully saturated rings. The number of aliphatic hydroxyl groups excluding tert-OH is 1. The summed E-state index contributed by atoms with van der Waals surface area (Å²) in [6.07, 6.45) is 61.1. The zero-order valence-electron chi connectivity index (χ0n) is 68.0. The van der Waals surface area contributed by atoms with Crippen LogP contribution in [-0.4, -0.2) is 96.7 Å². The normalized spacial score (nSPS) is 14.5. The van der Waals surface area contributed by atoms with Crippen LogP contribution in [0.3, 0.4) is 0 Å². The standard InChI is InChI=1S/C84H164O17P2/c1-9-76(7)62-54-46-38-32-26-20-15-13-11-12-14-16-21-27-34-40-50-58-67-84(89)101-80(71-95-82(87)65-57-49-43-42-47-55-63-77(8)10-2)73-99-103(92,93)97-69-78(85)68-96-102(90,91)98-72-79(70-94-81(86)64-56-48-39-33-29-23-25-31-37-45-53-61-75(5)6)100-83(88)66-59-51-41-35-28-22-18-17-19-24-30-36-44-52-60-74(3)4/h74-80,85H,9-73H2,1-8H3,(H,90,91)(H,92,93)/t76?,77?,78-,79-,80-/m1/s1. The minimum atomic E-state index is -4.96. The summed E-state index contributed by atoms with van der Waals surface area (Å²) in [5.41, 5.74) is 0. The van der Waals surface area contributed by atoms with Crippen molar-refractivity contribution in [3.05, 3.63) is 0 Å². The van der Waals surface area contributed by atoms with Gasteiger partial charge in [0.1, 0.15) is 19.3 Å². The molecule has 0 radical (unpaired) electrons. The lowest BCUT2D eigenvalue weighted by Crippen LogP contribution is -2.30. The molecule has 4 unspecified atom stereocenters. The van der Waals surface area contributed by atoms with Crippen LogP contribution in [0.2, 0.25) is 0 Å². The minimum Gasteiger partial charge on any atom is -0.462 e. The van der Waals surface area contributed by atoms with Crippen molar-refractivity contribution in [2.24, 2.45) is 23.7 Å². The van der Waals surface area contributed by atoms with E-state index in [1.165, 1.54) is 231 Å². The highest BCUT2D eigenvalue weighted by molar-refractivity contribution is 7.47. The van der Waals surface area contributed by atoms with Crippen molar-refractivity contribution >= 4 is 39.5 Å². The van der Waals surface area contributed by atoms with Gasteiger partial charge in [0.05, 0.1) is 26.4 Å². The van der Waals surface area contributed by atoms with E-state index in [0.29, 0.717) is 25.7 Å². The van der Waals surface area contributed by atoms with Crippen LogP contribution in [-0.2, 0) is 65.4 Å². The lowest BCUT2D eigenvalue weighted by atomic mass is 9.99. The highest BCUT2D eigenvalue weighted by atomic mass is 31.2. The van der Waals surface area contributed by atoms with Crippen LogP contribution in [0.25, 0.3) is 0 Å². The van der Waals surface area contributed by atoms with E-state index in [1.807, 2.05) is 0 Å². The van der Waals surface area contributed by atoms with E-state index >= 15 is 0 Å². The molecule has 0 heterocycles. The van der Waals surface area contributed by atoms with Gasteiger partial charge >= 0.3 is 39.5 Å². The lowest BCUT2D eigenvalue weighted by Gasteiger charge is -2.21. The molecule has 17 nitrogen and oxygen atoms in total. The topological polar surface area (TPSA) is 237 Å². The second kappa shape index (κ2) is 72.9. The summed E-state index contributed by atoms with van der Waals surface area (Å²) in [6, 6.07) is 0. The third kappa shape index (κ3) is 75.3. The molecule has 612 valence electrons. The number of rotatable bonds is 81. The van der Waals surface area contributed by atoms with E-state index in [2.05, 4.69) is 55.4 Å². The number of ether oxygens (including phenoxy) is 4. The molecule has 0 aromatic carbocycles. The number of carbonyl (C=O) groups is 4. The summed E-state index contributed by atoms with van der Waals surface area (Å²) in [5.74, 6) is 1.06. The maximum absolute atomic E-state index is 13.1. The number of hydrogen-bond donors (Lipinski definition) is 3. The van der Waals surface area contributed by atoms with Crippen molar-refractivity contribution < 1.29 is 80.2 Å². The quantitative estimate of drug-likeness (QED) is 0.0222. The summed E-state index contributed by atoms with van der Waals surface area (Å²) in [7, 11) is -9.93. The molecule has 0 amide bonds. The van der Waals surface area contributed by atoms with Crippen LogP contribution in [0.4, 0.5) is 0 Å². The minimum absolute atomic E-state index is 0.107. The van der Waals surface area contributed by atoms with Crippen molar-refractivity contribution in [1.82, 2.24) is 0 Å². The van der Waals surface area contributed by atoms with Crippen LogP contribution < -0.4 is 0 Å². The Balaban J connectivity index is 5.21. The Bertz CT molecular complexity index is 2010. The van der Waals surface area contributed by atoms with Crippen LogP contribution in [0.5, 0.6) is 0 Å². The smallest absolute Gasteiger partial charge is 0.462 e. The number of phosphoric ester groups is 2. The first-order valence-electron chi connectivity index (χ1n) is 43.3. The van der Waals surface area contributed by atoms with Gasteiger partial charge in [-0.3, -0.25) is 37.3 Å². The monoisotopic (exact) mass is 1510 g/mol. The van der Waals surface area contributed by atoms with E-state index in [0.717, 1.165) is 120 Å². The molecule has 0 aromatic rings. The molecule has 0 saturated carbocycles. The average molecular weight is 1510 g/mol. The van der Waals surface area contributed by atoms with Gasteiger partial charge in [0.2, 0.25) is 0 Å². The summed E-state index contributed by atoms with van der Waals surface area (Å²) < 4.78 is 68.8. The Labute approximate surface area is 632 Å². The van der Waals surface area contributed by atoms with Crippen LogP contribution in [0.15, 0.2) is 0 Å². The van der Waals surface area contributed by atoms with Gasteiger partial charge in [-0.25, -0.2) is 9.13 Å². The van der Waals surface area contributed by atoms with E-state index in [4.69, 9.17) is 37.0 Å².